The maximum atomic E-state index is 6.20. The Morgan fingerprint density at radius 2 is 1.68 bits per heavy atom. The number of anilines is 1. The molecular formula is C20H17Cl2N3. The molecule has 1 aromatic heterocycles. The first-order valence-electron chi connectivity index (χ1n) is 8.30. The van der Waals surface area contributed by atoms with E-state index in [2.05, 4.69) is 45.4 Å². The number of nitrogens with zero attached hydrogens (tertiary/aromatic N) is 3. The molecule has 3 nitrogen and oxygen atoms in total. The van der Waals surface area contributed by atoms with Gasteiger partial charge in [-0.15, -0.1) is 5.10 Å². The van der Waals surface area contributed by atoms with Crippen molar-refractivity contribution in [3.05, 3.63) is 69.8 Å². The van der Waals surface area contributed by atoms with Gasteiger partial charge in [-0.3, -0.25) is 0 Å². The molecule has 1 aliphatic rings. The van der Waals surface area contributed by atoms with E-state index in [0.717, 1.165) is 42.5 Å². The molecule has 0 amide bonds. The van der Waals surface area contributed by atoms with E-state index in [1.807, 2.05) is 18.2 Å². The van der Waals surface area contributed by atoms with Gasteiger partial charge >= 0.3 is 0 Å². The lowest BCUT2D eigenvalue weighted by Crippen LogP contribution is -2.31. The molecule has 3 aromatic rings. The van der Waals surface area contributed by atoms with Crippen LogP contribution in [0, 0.1) is 0 Å². The van der Waals surface area contributed by atoms with Crippen molar-refractivity contribution in [2.24, 2.45) is 0 Å². The largest absolute Gasteiger partial charge is 0.354 e. The second kappa shape index (κ2) is 7.03. The molecule has 25 heavy (non-hydrogen) atoms. The van der Waals surface area contributed by atoms with Gasteiger partial charge in [0.15, 0.2) is 5.82 Å². The zero-order valence-electron chi connectivity index (χ0n) is 13.6. The topological polar surface area (TPSA) is 29.0 Å². The zero-order valence-corrected chi connectivity index (χ0v) is 15.1. The summed E-state index contributed by atoms with van der Waals surface area (Å²) < 4.78 is 0. The Hall–Kier alpha value is -2.10. The predicted molar refractivity (Wildman–Crippen MR) is 105 cm³/mol. The Kier molecular flexibility index (Phi) is 4.60. The maximum absolute atomic E-state index is 6.20. The first-order chi connectivity index (χ1) is 12.2. The van der Waals surface area contributed by atoms with Gasteiger partial charge in [0.25, 0.3) is 0 Å². The van der Waals surface area contributed by atoms with Crippen LogP contribution in [-0.2, 0) is 0 Å². The second-order valence-corrected chi connectivity index (χ2v) is 7.04. The van der Waals surface area contributed by atoms with E-state index in [-0.39, 0.29) is 0 Å². The molecule has 126 valence electrons. The fourth-order valence-electron chi connectivity index (χ4n) is 3.23. The summed E-state index contributed by atoms with van der Waals surface area (Å²) in [5.74, 6) is 0.884. The van der Waals surface area contributed by atoms with E-state index in [4.69, 9.17) is 23.2 Å². The van der Waals surface area contributed by atoms with Crippen LogP contribution in [-0.4, -0.2) is 23.3 Å². The Balaban J connectivity index is 1.58. The molecule has 1 fully saturated rings. The van der Waals surface area contributed by atoms with Gasteiger partial charge in [-0.1, -0.05) is 65.2 Å². The summed E-state index contributed by atoms with van der Waals surface area (Å²) in [6.45, 7) is 1.85. The lowest BCUT2D eigenvalue weighted by atomic mass is 10.0. The molecule has 0 spiro atoms. The van der Waals surface area contributed by atoms with Gasteiger partial charge in [-0.2, -0.15) is 5.10 Å². The number of hydrogen-bond acceptors (Lipinski definition) is 3. The number of hydrogen-bond donors (Lipinski definition) is 0. The molecule has 4 rings (SSSR count). The summed E-state index contributed by atoms with van der Waals surface area (Å²) in [5, 5.41) is 11.6. The average molecular weight is 370 g/mol. The summed E-state index contributed by atoms with van der Waals surface area (Å²) in [7, 11) is 0. The molecule has 0 unspecified atom stereocenters. The third-order valence-electron chi connectivity index (χ3n) is 4.56. The van der Waals surface area contributed by atoms with Crippen LogP contribution in [0.5, 0.6) is 0 Å². The third kappa shape index (κ3) is 3.48. The van der Waals surface area contributed by atoms with Gasteiger partial charge in [-0.05, 0) is 30.5 Å². The summed E-state index contributed by atoms with van der Waals surface area (Å²) >= 11 is 12.3. The van der Waals surface area contributed by atoms with Crippen LogP contribution in [0.3, 0.4) is 0 Å². The summed E-state index contributed by atoms with van der Waals surface area (Å²) in [6, 6.07) is 14.2. The SMILES string of the molecule is Clc1cc2cnnc(N3CCC(=Cc4ccccc4)CC3)c2cc1Cl. The smallest absolute Gasteiger partial charge is 0.159 e. The first-order valence-corrected chi connectivity index (χ1v) is 9.06. The lowest BCUT2D eigenvalue weighted by Gasteiger charge is -2.30. The molecular weight excluding hydrogens is 353 g/mol. The van der Waals surface area contributed by atoms with Crippen molar-refractivity contribution in [1.29, 1.82) is 0 Å². The van der Waals surface area contributed by atoms with E-state index < -0.39 is 0 Å². The normalized spacial score (nSPS) is 14.8. The van der Waals surface area contributed by atoms with Crippen molar-refractivity contribution in [1.82, 2.24) is 10.2 Å². The van der Waals surface area contributed by atoms with Crippen molar-refractivity contribution in [3.8, 4) is 0 Å². The third-order valence-corrected chi connectivity index (χ3v) is 5.28. The fourth-order valence-corrected chi connectivity index (χ4v) is 3.57. The number of halogens is 2. The van der Waals surface area contributed by atoms with Crippen LogP contribution in [0.2, 0.25) is 10.0 Å². The highest BCUT2D eigenvalue weighted by atomic mass is 35.5. The van der Waals surface area contributed by atoms with Crippen molar-refractivity contribution >= 4 is 45.9 Å². The van der Waals surface area contributed by atoms with Crippen molar-refractivity contribution < 1.29 is 0 Å². The molecule has 0 saturated carbocycles. The van der Waals surface area contributed by atoms with Crippen LogP contribution in [0.25, 0.3) is 16.8 Å². The lowest BCUT2D eigenvalue weighted by molar-refractivity contribution is 0.678. The van der Waals surface area contributed by atoms with Gasteiger partial charge < -0.3 is 4.90 Å². The van der Waals surface area contributed by atoms with Crippen LogP contribution >= 0.6 is 23.2 Å². The maximum Gasteiger partial charge on any atom is 0.159 e. The minimum Gasteiger partial charge on any atom is -0.354 e. The predicted octanol–water partition coefficient (Wildman–Crippen LogP) is 5.62. The molecule has 1 saturated heterocycles. The van der Waals surface area contributed by atoms with Crippen molar-refractivity contribution in [2.75, 3.05) is 18.0 Å². The standard InChI is InChI=1S/C20H17Cl2N3/c21-18-11-16-13-23-24-20(17(16)12-19(18)22)25-8-6-15(7-9-25)10-14-4-2-1-3-5-14/h1-5,10-13H,6-9H2. The Morgan fingerprint density at radius 3 is 2.44 bits per heavy atom. The van der Waals surface area contributed by atoms with E-state index >= 15 is 0 Å². The Labute approximate surface area is 156 Å². The molecule has 0 N–H and O–H groups in total. The fraction of sp³-hybridized carbons (Fsp3) is 0.200. The monoisotopic (exact) mass is 369 g/mol. The van der Waals surface area contributed by atoms with Gasteiger partial charge in [0, 0.05) is 23.9 Å². The molecule has 0 radical (unpaired) electrons. The summed E-state index contributed by atoms with van der Waals surface area (Å²) in [6.07, 6.45) is 6.07. The number of benzene rings is 2. The second-order valence-electron chi connectivity index (χ2n) is 6.22. The molecule has 5 heteroatoms. The average Bonchev–Trinajstić information content (AvgIpc) is 2.64. The van der Waals surface area contributed by atoms with E-state index in [1.54, 1.807) is 6.20 Å². The van der Waals surface area contributed by atoms with Crippen LogP contribution in [0.4, 0.5) is 5.82 Å². The number of rotatable bonds is 2. The summed E-state index contributed by atoms with van der Waals surface area (Å²) in [5.41, 5.74) is 2.73. The highest BCUT2D eigenvalue weighted by Crippen LogP contribution is 2.33. The molecule has 0 aliphatic carbocycles. The highest BCUT2D eigenvalue weighted by molar-refractivity contribution is 6.42. The first kappa shape index (κ1) is 16.4. The van der Waals surface area contributed by atoms with Crippen LogP contribution < -0.4 is 4.90 Å². The van der Waals surface area contributed by atoms with Gasteiger partial charge in [-0.25, -0.2) is 0 Å². The van der Waals surface area contributed by atoms with Crippen LogP contribution in [0.15, 0.2) is 54.2 Å². The van der Waals surface area contributed by atoms with Gasteiger partial charge in [0.1, 0.15) is 0 Å². The molecule has 0 bridgehead atoms. The zero-order chi connectivity index (χ0) is 17.2. The quantitative estimate of drug-likeness (QED) is 0.586. The van der Waals surface area contributed by atoms with Crippen LogP contribution in [0.1, 0.15) is 18.4 Å². The van der Waals surface area contributed by atoms with Crippen molar-refractivity contribution in [2.45, 2.75) is 12.8 Å². The van der Waals surface area contributed by atoms with Crippen molar-refractivity contribution in [3.63, 3.8) is 0 Å². The Morgan fingerprint density at radius 1 is 0.960 bits per heavy atom. The molecule has 1 aliphatic heterocycles. The number of aromatic nitrogens is 2. The van der Waals surface area contributed by atoms with Gasteiger partial charge in [0.05, 0.1) is 16.2 Å². The number of piperidine rings is 1. The Bertz CT molecular complexity index is 928. The molecule has 2 heterocycles. The van der Waals surface area contributed by atoms with E-state index in [0.29, 0.717) is 10.0 Å². The minimum absolute atomic E-state index is 0.542. The highest BCUT2D eigenvalue weighted by Gasteiger charge is 2.18. The molecule has 0 atom stereocenters. The van der Waals surface area contributed by atoms with E-state index in [9.17, 15) is 0 Å². The van der Waals surface area contributed by atoms with Gasteiger partial charge in [0.2, 0.25) is 0 Å². The molecule has 2 aromatic carbocycles. The minimum atomic E-state index is 0.542. The van der Waals surface area contributed by atoms with E-state index in [1.165, 1.54) is 11.1 Å². The summed E-state index contributed by atoms with van der Waals surface area (Å²) in [4.78, 5) is 2.28. The number of fused-ring (bicyclic) bond motifs is 1.